The van der Waals surface area contributed by atoms with Crippen molar-refractivity contribution in [2.75, 3.05) is 29.9 Å². The molecule has 0 aliphatic carbocycles. The smallest absolute Gasteiger partial charge is 0.227 e. The number of piperidine rings is 1. The molecule has 26 heavy (non-hydrogen) atoms. The van der Waals surface area contributed by atoms with Crippen LogP contribution in [0.3, 0.4) is 0 Å². The molecule has 1 aliphatic heterocycles. The van der Waals surface area contributed by atoms with E-state index in [0.717, 1.165) is 49.4 Å². The van der Waals surface area contributed by atoms with Crippen molar-refractivity contribution in [1.82, 2.24) is 9.97 Å². The Morgan fingerprint density at radius 2 is 1.85 bits per heavy atom. The standard InChI is InChI=1S/C22H32N4/c1-17(2)9-12-23-21-15-18(3)24-22(25-21)26-13-10-20(11-14-26)16-19-7-5-4-6-8-19/h4-8,15,17,20H,9-14,16H2,1-3H3,(H,23,24,25). The number of nitrogens with one attached hydrogen (secondary N) is 1. The number of nitrogens with zero attached hydrogens (tertiary/aromatic N) is 3. The van der Waals surface area contributed by atoms with Crippen LogP contribution in [0.1, 0.15) is 44.4 Å². The number of hydrogen-bond acceptors (Lipinski definition) is 4. The number of rotatable bonds is 7. The highest BCUT2D eigenvalue weighted by Gasteiger charge is 2.21. The second-order valence-electron chi connectivity index (χ2n) is 7.92. The van der Waals surface area contributed by atoms with Crippen molar-refractivity contribution in [3.05, 3.63) is 47.7 Å². The fraction of sp³-hybridized carbons (Fsp3) is 0.545. The van der Waals surface area contributed by atoms with Crippen LogP contribution in [0, 0.1) is 18.8 Å². The van der Waals surface area contributed by atoms with Gasteiger partial charge in [-0.1, -0.05) is 44.2 Å². The minimum absolute atomic E-state index is 0.702. The van der Waals surface area contributed by atoms with Crippen molar-refractivity contribution in [1.29, 1.82) is 0 Å². The summed E-state index contributed by atoms with van der Waals surface area (Å²) in [6.07, 6.45) is 4.76. The van der Waals surface area contributed by atoms with Crippen LogP contribution < -0.4 is 10.2 Å². The van der Waals surface area contributed by atoms with Gasteiger partial charge in [0.05, 0.1) is 0 Å². The summed E-state index contributed by atoms with van der Waals surface area (Å²) in [6.45, 7) is 9.61. The van der Waals surface area contributed by atoms with Gasteiger partial charge in [-0.25, -0.2) is 4.98 Å². The van der Waals surface area contributed by atoms with E-state index in [1.807, 2.05) is 6.07 Å². The molecular formula is C22H32N4. The summed E-state index contributed by atoms with van der Waals surface area (Å²) >= 11 is 0. The first-order valence-corrected chi connectivity index (χ1v) is 9.98. The molecule has 1 N–H and O–H groups in total. The van der Waals surface area contributed by atoms with Gasteiger partial charge in [0.25, 0.3) is 0 Å². The lowest BCUT2D eigenvalue weighted by Gasteiger charge is -2.32. The molecule has 4 heteroatoms. The zero-order valence-electron chi connectivity index (χ0n) is 16.4. The molecule has 2 heterocycles. The third-order valence-electron chi connectivity index (χ3n) is 5.13. The predicted octanol–water partition coefficient (Wildman–Crippen LogP) is 4.70. The third-order valence-corrected chi connectivity index (χ3v) is 5.13. The molecule has 1 aromatic heterocycles. The Morgan fingerprint density at radius 3 is 2.54 bits per heavy atom. The molecule has 4 nitrogen and oxygen atoms in total. The first-order valence-electron chi connectivity index (χ1n) is 9.98. The molecule has 140 valence electrons. The molecule has 0 spiro atoms. The zero-order chi connectivity index (χ0) is 18.4. The van der Waals surface area contributed by atoms with Crippen molar-refractivity contribution < 1.29 is 0 Å². The number of hydrogen-bond donors (Lipinski definition) is 1. The Hall–Kier alpha value is -2.10. The van der Waals surface area contributed by atoms with Crippen LogP contribution in [0.2, 0.25) is 0 Å². The summed E-state index contributed by atoms with van der Waals surface area (Å²) in [6, 6.07) is 12.9. The van der Waals surface area contributed by atoms with Crippen LogP contribution in [-0.4, -0.2) is 29.6 Å². The monoisotopic (exact) mass is 352 g/mol. The summed E-state index contributed by atoms with van der Waals surface area (Å²) in [5, 5.41) is 3.46. The van der Waals surface area contributed by atoms with E-state index in [0.29, 0.717) is 5.92 Å². The molecular weight excluding hydrogens is 320 g/mol. The van der Waals surface area contributed by atoms with E-state index in [4.69, 9.17) is 4.98 Å². The maximum absolute atomic E-state index is 4.77. The molecule has 0 saturated carbocycles. The topological polar surface area (TPSA) is 41.1 Å². The van der Waals surface area contributed by atoms with E-state index < -0.39 is 0 Å². The quantitative estimate of drug-likeness (QED) is 0.784. The second kappa shape index (κ2) is 9.02. The molecule has 0 amide bonds. The number of anilines is 2. The lowest BCUT2D eigenvalue weighted by Crippen LogP contribution is -2.35. The summed E-state index contributed by atoms with van der Waals surface area (Å²) in [5.74, 6) is 3.31. The zero-order valence-corrected chi connectivity index (χ0v) is 16.4. The lowest BCUT2D eigenvalue weighted by molar-refractivity contribution is 0.400. The van der Waals surface area contributed by atoms with Crippen molar-refractivity contribution in [3.63, 3.8) is 0 Å². The van der Waals surface area contributed by atoms with Gasteiger partial charge in [0, 0.05) is 31.4 Å². The molecule has 0 radical (unpaired) electrons. The van der Waals surface area contributed by atoms with E-state index in [9.17, 15) is 0 Å². The van der Waals surface area contributed by atoms with Gasteiger partial charge in [0.2, 0.25) is 5.95 Å². The Morgan fingerprint density at radius 1 is 1.12 bits per heavy atom. The first kappa shape index (κ1) is 18.7. The molecule has 2 aromatic rings. The first-order chi connectivity index (χ1) is 12.6. The van der Waals surface area contributed by atoms with E-state index >= 15 is 0 Å². The van der Waals surface area contributed by atoms with Gasteiger partial charge in [0.15, 0.2) is 0 Å². The van der Waals surface area contributed by atoms with Crippen LogP contribution in [0.25, 0.3) is 0 Å². The molecule has 1 fully saturated rings. The molecule has 3 rings (SSSR count). The van der Waals surface area contributed by atoms with Crippen molar-refractivity contribution in [2.24, 2.45) is 11.8 Å². The van der Waals surface area contributed by atoms with Crippen molar-refractivity contribution >= 4 is 11.8 Å². The van der Waals surface area contributed by atoms with Gasteiger partial charge in [-0.15, -0.1) is 0 Å². The maximum atomic E-state index is 4.77. The highest BCUT2D eigenvalue weighted by molar-refractivity contribution is 5.43. The van der Waals surface area contributed by atoms with Crippen molar-refractivity contribution in [2.45, 2.75) is 46.5 Å². The van der Waals surface area contributed by atoms with Crippen LogP contribution >= 0.6 is 0 Å². The summed E-state index contributed by atoms with van der Waals surface area (Å²) in [5.41, 5.74) is 2.49. The second-order valence-corrected chi connectivity index (χ2v) is 7.92. The Bertz CT molecular complexity index is 676. The highest BCUT2D eigenvalue weighted by Crippen LogP contribution is 2.25. The Labute approximate surface area is 158 Å². The summed E-state index contributed by atoms with van der Waals surface area (Å²) in [4.78, 5) is 11.8. The Balaban J connectivity index is 1.56. The van der Waals surface area contributed by atoms with E-state index in [2.05, 4.69) is 66.3 Å². The van der Waals surface area contributed by atoms with Gasteiger partial charge in [0.1, 0.15) is 5.82 Å². The van der Waals surface area contributed by atoms with Gasteiger partial charge < -0.3 is 10.2 Å². The van der Waals surface area contributed by atoms with Gasteiger partial charge in [-0.2, -0.15) is 4.98 Å². The molecule has 1 aliphatic rings. The Kier molecular flexibility index (Phi) is 6.48. The minimum Gasteiger partial charge on any atom is -0.370 e. The maximum Gasteiger partial charge on any atom is 0.227 e. The van der Waals surface area contributed by atoms with Crippen LogP contribution in [0.15, 0.2) is 36.4 Å². The molecule has 1 saturated heterocycles. The largest absolute Gasteiger partial charge is 0.370 e. The number of aryl methyl sites for hydroxylation is 1. The third kappa shape index (κ3) is 5.45. The van der Waals surface area contributed by atoms with E-state index in [-0.39, 0.29) is 0 Å². The van der Waals surface area contributed by atoms with E-state index in [1.54, 1.807) is 0 Å². The van der Waals surface area contributed by atoms with Gasteiger partial charge in [-0.3, -0.25) is 0 Å². The highest BCUT2D eigenvalue weighted by atomic mass is 15.3. The van der Waals surface area contributed by atoms with Crippen molar-refractivity contribution in [3.8, 4) is 0 Å². The van der Waals surface area contributed by atoms with Crippen LogP contribution in [0.5, 0.6) is 0 Å². The number of aromatic nitrogens is 2. The number of benzene rings is 1. The van der Waals surface area contributed by atoms with Crippen LogP contribution in [0.4, 0.5) is 11.8 Å². The molecule has 0 unspecified atom stereocenters. The average molecular weight is 353 g/mol. The fourth-order valence-corrected chi connectivity index (χ4v) is 3.56. The van der Waals surface area contributed by atoms with Crippen LogP contribution in [-0.2, 0) is 6.42 Å². The summed E-state index contributed by atoms with van der Waals surface area (Å²) < 4.78 is 0. The van der Waals surface area contributed by atoms with Gasteiger partial charge in [-0.05, 0) is 50.0 Å². The molecule has 1 aromatic carbocycles. The molecule has 0 atom stereocenters. The fourth-order valence-electron chi connectivity index (χ4n) is 3.56. The average Bonchev–Trinajstić information content (AvgIpc) is 2.62. The minimum atomic E-state index is 0.702. The summed E-state index contributed by atoms with van der Waals surface area (Å²) in [7, 11) is 0. The van der Waals surface area contributed by atoms with E-state index in [1.165, 1.54) is 24.8 Å². The normalized spacial score (nSPS) is 15.5. The predicted molar refractivity (Wildman–Crippen MR) is 110 cm³/mol. The molecule has 0 bridgehead atoms. The van der Waals surface area contributed by atoms with Gasteiger partial charge >= 0.3 is 0 Å². The SMILES string of the molecule is Cc1cc(NCCC(C)C)nc(N2CCC(Cc3ccccc3)CC2)n1. The lowest BCUT2D eigenvalue weighted by atomic mass is 9.90.